The lowest BCUT2D eigenvalue weighted by Gasteiger charge is -2.29. The summed E-state index contributed by atoms with van der Waals surface area (Å²) < 4.78 is 10.6. The van der Waals surface area contributed by atoms with Gasteiger partial charge in [-0.25, -0.2) is 0 Å². The Balaban J connectivity index is 1.51. The lowest BCUT2D eigenvalue weighted by Crippen LogP contribution is -2.34. The molecule has 0 spiro atoms. The average Bonchev–Trinajstić information content (AvgIpc) is 2.88. The van der Waals surface area contributed by atoms with Crippen LogP contribution >= 0.6 is 0 Å². The molecule has 110 valence electrons. The lowest BCUT2D eigenvalue weighted by atomic mass is 9.97. The van der Waals surface area contributed by atoms with Crippen LogP contribution in [0.25, 0.3) is 0 Å². The zero-order valence-corrected chi connectivity index (χ0v) is 11.9. The van der Waals surface area contributed by atoms with E-state index in [4.69, 9.17) is 9.47 Å². The Hall–Kier alpha value is -1.46. The Kier molecular flexibility index (Phi) is 3.98. The molecule has 0 aromatic heterocycles. The van der Waals surface area contributed by atoms with E-state index in [1.807, 2.05) is 6.07 Å². The summed E-state index contributed by atoms with van der Waals surface area (Å²) in [6, 6.07) is 3.49. The standard InChI is InChI=1S/C15H22N2O3/c1-17-4-2-11(3-5-17)8-16-9-12-6-14-15(7-13(12)18)20-10-19-14/h6-7,11,16,18H,2-5,8-10H2,1H3. The number of phenols is 1. The third-order valence-corrected chi connectivity index (χ3v) is 4.16. The number of hydrogen-bond donors (Lipinski definition) is 2. The van der Waals surface area contributed by atoms with Crippen molar-refractivity contribution in [2.75, 3.05) is 33.5 Å². The van der Waals surface area contributed by atoms with Gasteiger partial charge in [-0.1, -0.05) is 0 Å². The van der Waals surface area contributed by atoms with Crippen LogP contribution in [0, 0.1) is 5.92 Å². The van der Waals surface area contributed by atoms with Gasteiger partial charge in [0.25, 0.3) is 0 Å². The van der Waals surface area contributed by atoms with Crippen LogP contribution in [-0.4, -0.2) is 43.5 Å². The minimum atomic E-state index is 0.237. The number of ether oxygens (including phenoxy) is 2. The van der Waals surface area contributed by atoms with Crippen molar-refractivity contribution in [1.29, 1.82) is 0 Å². The Labute approximate surface area is 119 Å². The number of nitrogens with one attached hydrogen (secondary N) is 1. The molecule has 0 amide bonds. The molecule has 3 rings (SSSR count). The van der Waals surface area contributed by atoms with E-state index in [9.17, 15) is 5.11 Å². The van der Waals surface area contributed by atoms with Gasteiger partial charge in [0, 0.05) is 18.2 Å². The third kappa shape index (κ3) is 2.99. The lowest BCUT2D eigenvalue weighted by molar-refractivity contribution is 0.174. The van der Waals surface area contributed by atoms with Gasteiger partial charge in [0.05, 0.1) is 0 Å². The van der Waals surface area contributed by atoms with Crippen LogP contribution in [0.4, 0.5) is 0 Å². The number of piperidine rings is 1. The first-order valence-corrected chi connectivity index (χ1v) is 7.23. The molecule has 2 N–H and O–H groups in total. The molecule has 0 atom stereocenters. The van der Waals surface area contributed by atoms with Gasteiger partial charge >= 0.3 is 0 Å². The number of fused-ring (bicyclic) bond motifs is 1. The molecule has 1 aromatic rings. The van der Waals surface area contributed by atoms with E-state index >= 15 is 0 Å². The topological polar surface area (TPSA) is 54.0 Å². The quantitative estimate of drug-likeness (QED) is 0.875. The van der Waals surface area contributed by atoms with E-state index in [0.29, 0.717) is 12.3 Å². The van der Waals surface area contributed by atoms with Gasteiger partial charge < -0.3 is 24.8 Å². The van der Waals surface area contributed by atoms with Crippen LogP contribution < -0.4 is 14.8 Å². The highest BCUT2D eigenvalue weighted by Gasteiger charge is 2.18. The van der Waals surface area contributed by atoms with Gasteiger partial charge in [0.2, 0.25) is 6.79 Å². The van der Waals surface area contributed by atoms with E-state index < -0.39 is 0 Å². The molecule has 5 nitrogen and oxygen atoms in total. The fraction of sp³-hybridized carbons (Fsp3) is 0.600. The van der Waals surface area contributed by atoms with Crippen molar-refractivity contribution in [1.82, 2.24) is 10.2 Å². The van der Waals surface area contributed by atoms with Gasteiger partial charge in [0.15, 0.2) is 11.5 Å². The van der Waals surface area contributed by atoms with E-state index in [2.05, 4.69) is 17.3 Å². The molecule has 2 aliphatic heterocycles. The SMILES string of the molecule is CN1CCC(CNCc2cc3c(cc2O)OCO3)CC1. The normalized spacial score (nSPS) is 19.4. The third-order valence-electron chi connectivity index (χ3n) is 4.16. The van der Waals surface area contributed by atoms with E-state index in [1.165, 1.54) is 25.9 Å². The van der Waals surface area contributed by atoms with Gasteiger partial charge in [-0.05, 0) is 51.5 Å². The second-order valence-electron chi connectivity index (χ2n) is 5.71. The minimum absolute atomic E-state index is 0.237. The monoisotopic (exact) mass is 278 g/mol. The number of aromatic hydroxyl groups is 1. The number of hydrogen-bond acceptors (Lipinski definition) is 5. The minimum Gasteiger partial charge on any atom is -0.507 e. The molecule has 5 heteroatoms. The van der Waals surface area contributed by atoms with Crippen molar-refractivity contribution in [2.24, 2.45) is 5.92 Å². The van der Waals surface area contributed by atoms with Gasteiger partial charge in [-0.3, -0.25) is 0 Å². The van der Waals surface area contributed by atoms with Crippen molar-refractivity contribution < 1.29 is 14.6 Å². The van der Waals surface area contributed by atoms with Gasteiger partial charge in [0.1, 0.15) is 5.75 Å². The molecule has 2 heterocycles. The van der Waals surface area contributed by atoms with Crippen LogP contribution in [-0.2, 0) is 6.54 Å². The Bertz CT molecular complexity index is 470. The molecule has 0 unspecified atom stereocenters. The summed E-state index contributed by atoms with van der Waals surface area (Å²) in [6.07, 6.45) is 2.49. The molecular weight excluding hydrogens is 256 g/mol. The first-order valence-electron chi connectivity index (χ1n) is 7.23. The van der Waals surface area contributed by atoms with Crippen LogP contribution in [0.1, 0.15) is 18.4 Å². The van der Waals surface area contributed by atoms with E-state index in [-0.39, 0.29) is 12.5 Å². The largest absolute Gasteiger partial charge is 0.507 e. The molecule has 1 fully saturated rings. The molecule has 1 aromatic carbocycles. The Morgan fingerprint density at radius 2 is 1.95 bits per heavy atom. The molecule has 1 saturated heterocycles. The Morgan fingerprint density at radius 3 is 2.70 bits per heavy atom. The summed E-state index contributed by atoms with van der Waals surface area (Å²) in [4.78, 5) is 2.38. The second kappa shape index (κ2) is 5.89. The van der Waals surface area contributed by atoms with Crippen LogP contribution in [0.15, 0.2) is 12.1 Å². The van der Waals surface area contributed by atoms with Crippen molar-refractivity contribution in [3.05, 3.63) is 17.7 Å². The molecule has 0 radical (unpaired) electrons. The molecule has 0 bridgehead atoms. The second-order valence-corrected chi connectivity index (χ2v) is 5.71. The predicted molar refractivity (Wildman–Crippen MR) is 76.2 cm³/mol. The molecule has 20 heavy (non-hydrogen) atoms. The number of phenolic OH excluding ortho intramolecular Hbond substituents is 1. The van der Waals surface area contributed by atoms with Gasteiger partial charge in [-0.2, -0.15) is 0 Å². The first-order chi connectivity index (χ1) is 9.72. The average molecular weight is 278 g/mol. The highest BCUT2D eigenvalue weighted by Crippen LogP contribution is 2.37. The summed E-state index contributed by atoms with van der Waals surface area (Å²) in [5.74, 6) is 2.35. The number of likely N-dealkylation sites (tertiary alicyclic amines) is 1. The fourth-order valence-corrected chi connectivity index (χ4v) is 2.79. The van der Waals surface area contributed by atoms with Crippen molar-refractivity contribution in [3.8, 4) is 17.2 Å². The summed E-state index contributed by atoms with van der Waals surface area (Å²) >= 11 is 0. The molecule has 2 aliphatic rings. The van der Waals surface area contributed by atoms with Crippen molar-refractivity contribution in [2.45, 2.75) is 19.4 Å². The first kappa shape index (κ1) is 13.5. The smallest absolute Gasteiger partial charge is 0.231 e. The zero-order chi connectivity index (χ0) is 13.9. The number of nitrogens with zero attached hydrogens (tertiary/aromatic N) is 1. The summed E-state index contributed by atoms with van der Waals surface area (Å²) in [6.45, 7) is 4.26. The molecule has 0 aliphatic carbocycles. The van der Waals surface area contributed by atoms with Gasteiger partial charge in [-0.15, -0.1) is 0 Å². The van der Waals surface area contributed by atoms with Crippen molar-refractivity contribution >= 4 is 0 Å². The summed E-state index contributed by atoms with van der Waals surface area (Å²) in [5.41, 5.74) is 0.863. The Morgan fingerprint density at radius 1 is 1.25 bits per heavy atom. The maximum atomic E-state index is 9.96. The highest BCUT2D eigenvalue weighted by molar-refractivity contribution is 5.51. The van der Waals surface area contributed by atoms with Crippen LogP contribution in [0.5, 0.6) is 17.2 Å². The maximum Gasteiger partial charge on any atom is 0.231 e. The summed E-state index contributed by atoms with van der Waals surface area (Å²) in [5, 5.41) is 13.4. The number of rotatable bonds is 4. The van der Waals surface area contributed by atoms with Crippen LogP contribution in [0.3, 0.4) is 0 Å². The zero-order valence-electron chi connectivity index (χ0n) is 11.9. The van der Waals surface area contributed by atoms with Crippen LogP contribution in [0.2, 0.25) is 0 Å². The highest BCUT2D eigenvalue weighted by atomic mass is 16.7. The van der Waals surface area contributed by atoms with E-state index in [1.54, 1.807) is 6.07 Å². The predicted octanol–water partition coefficient (Wildman–Crippen LogP) is 1.55. The fourth-order valence-electron chi connectivity index (χ4n) is 2.79. The number of benzene rings is 1. The van der Waals surface area contributed by atoms with E-state index in [0.717, 1.165) is 23.8 Å². The summed E-state index contributed by atoms with van der Waals surface area (Å²) in [7, 11) is 2.17. The maximum absolute atomic E-state index is 9.96. The molecule has 0 saturated carbocycles. The molecular formula is C15H22N2O3. The van der Waals surface area contributed by atoms with Crippen molar-refractivity contribution in [3.63, 3.8) is 0 Å².